The number of aryl methyl sites for hydroxylation is 2. The monoisotopic (exact) mass is 289 g/mol. The second-order valence-electron chi connectivity index (χ2n) is 7.61. The van der Waals surface area contributed by atoms with Crippen LogP contribution in [-0.2, 0) is 4.79 Å². The van der Waals surface area contributed by atoms with Crippen LogP contribution in [0.3, 0.4) is 0 Å². The molecule has 3 nitrogen and oxygen atoms in total. The van der Waals surface area contributed by atoms with Crippen LogP contribution in [0.4, 0.5) is 5.69 Å². The van der Waals surface area contributed by atoms with Crippen LogP contribution in [-0.4, -0.2) is 22.2 Å². The number of nitrogens with zero attached hydrogens (tertiary/aromatic N) is 1. The van der Waals surface area contributed by atoms with Crippen LogP contribution in [0.25, 0.3) is 0 Å². The maximum Gasteiger partial charge on any atom is 0.328 e. The molecule has 0 saturated carbocycles. The highest BCUT2D eigenvalue weighted by atomic mass is 16.4. The van der Waals surface area contributed by atoms with E-state index in [1.54, 1.807) is 13.8 Å². The summed E-state index contributed by atoms with van der Waals surface area (Å²) in [6.07, 6.45) is 0.958. The Labute approximate surface area is 128 Å². The van der Waals surface area contributed by atoms with Gasteiger partial charge in [0.15, 0.2) is 0 Å². The molecule has 0 saturated heterocycles. The summed E-state index contributed by atoms with van der Waals surface area (Å²) in [4.78, 5) is 13.9. The second-order valence-corrected chi connectivity index (χ2v) is 7.61. The molecule has 2 rings (SSSR count). The van der Waals surface area contributed by atoms with Crippen molar-refractivity contribution < 1.29 is 9.90 Å². The van der Waals surface area contributed by atoms with E-state index in [2.05, 4.69) is 51.7 Å². The number of rotatable bonds is 2. The topological polar surface area (TPSA) is 40.5 Å². The zero-order chi connectivity index (χ0) is 16.2. The van der Waals surface area contributed by atoms with Gasteiger partial charge >= 0.3 is 5.97 Å². The average molecular weight is 289 g/mol. The lowest BCUT2D eigenvalue weighted by molar-refractivity contribution is -0.142. The summed E-state index contributed by atoms with van der Waals surface area (Å²) in [6.45, 7) is 14.3. The van der Waals surface area contributed by atoms with Crippen molar-refractivity contribution in [3.63, 3.8) is 0 Å². The van der Waals surface area contributed by atoms with Gasteiger partial charge in [-0.1, -0.05) is 13.0 Å². The van der Waals surface area contributed by atoms with Gasteiger partial charge in [0, 0.05) is 11.2 Å². The molecule has 0 radical (unpaired) electrons. The van der Waals surface area contributed by atoms with Crippen LogP contribution in [0.15, 0.2) is 12.1 Å². The fourth-order valence-corrected chi connectivity index (χ4v) is 3.84. The summed E-state index contributed by atoms with van der Waals surface area (Å²) in [7, 11) is 0. The number of benzene rings is 1. The third-order valence-corrected chi connectivity index (χ3v) is 4.91. The molecule has 1 aliphatic heterocycles. The molecule has 0 aliphatic carbocycles. The van der Waals surface area contributed by atoms with E-state index in [1.165, 1.54) is 16.7 Å². The van der Waals surface area contributed by atoms with E-state index in [9.17, 15) is 9.90 Å². The van der Waals surface area contributed by atoms with E-state index < -0.39 is 11.5 Å². The average Bonchev–Trinajstić information content (AvgIpc) is 2.30. The number of carboxylic acid groups (broad SMARTS) is 1. The first-order chi connectivity index (χ1) is 9.48. The van der Waals surface area contributed by atoms with Gasteiger partial charge in [-0.05, 0) is 76.6 Å². The van der Waals surface area contributed by atoms with Gasteiger partial charge in [0.2, 0.25) is 0 Å². The van der Waals surface area contributed by atoms with Gasteiger partial charge in [-0.25, -0.2) is 4.79 Å². The maximum absolute atomic E-state index is 11.8. The first-order valence-corrected chi connectivity index (χ1v) is 7.63. The Bertz CT molecular complexity index is 587. The van der Waals surface area contributed by atoms with E-state index in [4.69, 9.17) is 0 Å². The molecule has 0 fully saturated rings. The van der Waals surface area contributed by atoms with E-state index in [-0.39, 0.29) is 5.54 Å². The van der Waals surface area contributed by atoms with E-state index >= 15 is 0 Å². The molecule has 0 amide bonds. The summed E-state index contributed by atoms with van der Waals surface area (Å²) >= 11 is 0. The number of anilines is 1. The smallest absolute Gasteiger partial charge is 0.328 e. The largest absolute Gasteiger partial charge is 0.480 e. The SMILES string of the molecule is Cc1cc2c(cc1C)N(C(C)(C)C(=O)O)C(C)(C)C[C@@H]2C. The van der Waals surface area contributed by atoms with Crippen LogP contribution < -0.4 is 4.90 Å². The van der Waals surface area contributed by atoms with Crippen molar-refractivity contribution in [2.45, 2.75) is 71.9 Å². The Morgan fingerprint density at radius 2 is 1.81 bits per heavy atom. The Hall–Kier alpha value is -1.51. The van der Waals surface area contributed by atoms with Crippen LogP contribution in [0.2, 0.25) is 0 Å². The van der Waals surface area contributed by atoms with Gasteiger partial charge in [0.25, 0.3) is 0 Å². The summed E-state index contributed by atoms with van der Waals surface area (Å²) in [5.74, 6) is -0.343. The lowest BCUT2D eigenvalue weighted by Crippen LogP contribution is -2.61. The van der Waals surface area contributed by atoms with Crippen LogP contribution in [0.1, 0.15) is 63.6 Å². The van der Waals surface area contributed by atoms with Gasteiger partial charge < -0.3 is 10.0 Å². The molecule has 116 valence electrons. The summed E-state index contributed by atoms with van der Waals surface area (Å²) in [5.41, 5.74) is 3.72. The molecule has 1 aromatic rings. The maximum atomic E-state index is 11.8. The predicted octanol–water partition coefficient (Wildman–Crippen LogP) is 4.26. The van der Waals surface area contributed by atoms with Crippen molar-refractivity contribution in [2.24, 2.45) is 0 Å². The second kappa shape index (κ2) is 4.75. The van der Waals surface area contributed by atoms with Crippen LogP contribution in [0, 0.1) is 13.8 Å². The summed E-state index contributed by atoms with van der Waals surface area (Å²) < 4.78 is 0. The normalized spacial score (nSPS) is 21.1. The third-order valence-electron chi connectivity index (χ3n) is 4.91. The zero-order valence-electron chi connectivity index (χ0n) is 14.2. The number of carbonyl (C=O) groups is 1. The van der Waals surface area contributed by atoms with Crippen LogP contribution >= 0.6 is 0 Å². The Balaban J connectivity index is 2.72. The molecular weight excluding hydrogens is 262 g/mol. The molecule has 0 spiro atoms. The molecule has 3 heteroatoms. The van der Waals surface area contributed by atoms with Gasteiger partial charge in [0.05, 0.1) is 0 Å². The van der Waals surface area contributed by atoms with Gasteiger partial charge in [0.1, 0.15) is 5.54 Å². The summed E-state index contributed by atoms with van der Waals surface area (Å²) in [5, 5.41) is 9.70. The van der Waals surface area contributed by atoms with Crippen molar-refractivity contribution in [1.29, 1.82) is 0 Å². The fourth-order valence-electron chi connectivity index (χ4n) is 3.84. The molecule has 0 aromatic heterocycles. The standard InChI is InChI=1S/C18H27NO2/c1-11-8-14-13(3)10-17(4,5)19(15(14)9-12(11)2)18(6,7)16(20)21/h8-9,13H,10H2,1-7H3,(H,20,21)/t13-/m0/s1. The van der Waals surface area contributed by atoms with Crippen molar-refractivity contribution in [3.05, 3.63) is 28.8 Å². The Morgan fingerprint density at radius 3 is 2.33 bits per heavy atom. The Morgan fingerprint density at radius 1 is 1.29 bits per heavy atom. The molecule has 1 aliphatic rings. The minimum Gasteiger partial charge on any atom is -0.480 e. The highest BCUT2D eigenvalue weighted by Crippen LogP contribution is 2.47. The minimum absolute atomic E-state index is 0.185. The lowest BCUT2D eigenvalue weighted by atomic mass is 9.76. The number of carboxylic acids is 1. The Kier molecular flexibility index (Phi) is 3.59. The van der Waals surface area contributed by atoms with Crippen molar-refractivity contribution in [3.8, 4) is 0 Å². The first kappa shape index (κ1) is 15.9. The quantitative estimate of drug-likeness (QED) is 0.884. The first-order valence-electron chi connectivity index (χ1n) is 7.63. The third kappa shape index (κ3) is 2.43. The molecule has 1 N–H and O–H groups in total. The highest BCUT2D eigenvalue weighted by molar-refractivity contribution is 5.84. The number of hydrogen-bond donors (Lipinski definition) is 1. The van der Waals surface area contributed by atoms with Crippen LogP contribution in [0.5, 0.6) is 0 Å². The molecule has 0 unspecified atom stereocenters. The molecular formula is C18H27NO2. The van der Waals surface area contributed by atoms with Gasteiger partial charge in [-0.3, -0.25) is 0 Å². The fraction of sp³-hybridized carbons (Fsp3) is 0.611. The van der Waals surface area contributed by atoms with E-state index in [0.29, 0.717) is 5.92 Å². The highest BCUT2D eigenvalue weighted by Gasteiger charge is 2.47. The predicted molar refractivity (Wildman–Crippen MR) is 87.2 cm³/mol. The van der Waals surface area contributed by atoms with Crippen molar-refractivity contribution in [2.75, 3.05) is 4.90 Å². The lowest BCUT2D eigenvalue weighted by Gasteiger charge is -2.53. The molecule has 0 bridgehead atoms. The zero-order valence-corrected chi connectivity index (χ0v) is 14.2. The van der Waals surface area contributed by atoms with E-state index in [0.717, 1.165) is 12.1 Å². The van der Waals surface area contributed by atoms with Gasteiger partial charge in [-0.2, -0.15) is 0 Å². The molecule has 1 atom stereocenters. The molecule has 21 heavy (non-hydrogen) atoms. The number of hydrogen-bond acceptors (Lipinski definition) is 2. The number of fused-ring (bicyclic) bond motifs is 1. The van der Waals surface area contributed by atoms with Gasteiger partial charge in [-0.15, -0.1) is 0 Å². The minimum atomic E-state index is -0.930. The van der Waals surface area contributed by atoms with Crippen molar-refractivity contribution in [1.82, 2.24) is 0 Å². The summed E-state index contributed by atoms with van der Waals surface area (Å²) in [6, 6.07) is 4.39. The number of aliphatic carboxylic acids is 1. The van der Waals surface area contributed by atoms with Crippen molar-refractivity contribution >= 4 is 11.7 Å². The molecule has 1 aromatic carbocycles. The molecule has 1 heterocycles. The van der Waals surface area contributed by atoms with E-state index in [1.807, 2.05) is 0 Å².